The zero-order valence-corrected chi connectivity index (χ0v) is 14.3. The van der Waals surface area contributed by atoms with Gasteiger partial charge in [0.25, 0.3) is 11.6 Å². The van der Waals surface area contributed by atoms with E-state index in [4.69, 9.17) is 47.0 Å². The van der Waals surface area contributed by atoms with Crippen LogP contribution in [-0.4, -0.2) is 32.6 Å². The predicted octanol–water partition coefficient (Wildman–Crippen LogP) is 2.66. The van der Waals surface area contributed by atoms with E-state index < -0.39 is 27.5 Å². The minimum Gasteiger partial charge on any atom is -0.339 e. The van der Waals surface area contributed by atoms with E-state index in [9.17, 15) is 19.3 Å². The van der Waals surface area contributed by atoms with Crippen LogP contribution in [0.4, 0.5) is 15.8 Å². The molecule has 23 heavy (non-hydrogen) atoms. The van der Waals surface area contributed by atoms with Crippen molar-refractivity contribution in [1.82, 2.24) is 10.6 Å². The molecule has 1 amide bonds. The Bertz CT molecular complexity index is 614. The summed E-state index contributed by atoms with van der Waals surface area (Å²) in [6, 6.07) is 5.50. The average molecular weight is 404 g/mol. The first-order chi connectivity index (χ1) is 10.6. The molecule has 1 rings (SSSR count). The summed E-state index contributed by atoms with van der Waals surface area (Å²) in [7, 11) is 0. The van der Waals surface area contributed by atoms with E-state index in [0.29, 0.717) is 5.69 Å². The number of carbonyl (C=O) groups is 1. The SMILES string of the molecule is O=C(CF)NC(NC(=S)Nc1cccc([N+](=O)[O-])c1)C(Cl)(Cl)Cl. The Balaban J connectivity index is 2.77. The summed E-state index contributed by atoms with van der Waals surface area (Å²) >= 11 is 22.0. The first kappa shape index (κ1) is 19.6. The standard InChI is InChI=1S/C11H10Cl3FN4O3S/c12-11(13,14)9(17-8(20)5-15)18-10(23)16-6-2-1-3-7(4-6)19(21)22/h1-4,9H,5H2,(H,17,20)(H2,16,18,23). The maximum atomic E-state index is 12.3. The summed E-state index contributed by atoms with van der Waals surface area (Å²) in [6.45, 7) is -1.30. The van der Waals surface area contributed by atoms with E-state index in [2.05, 4.69) is 16.0 Å². The molecule has 1 aromatic carbocycles. The van der Waals surface area contributed by atoms with Crippen molar-refractivity contribution in [3.63, 3.8) is 0 Å². The third-order valence-corrected chi connectivity index (χ3v) is 3.22. The molecule has 0 spiro atoms. The number of thiocarbonyl (C=S) groups is 1. The third kappa shape index (κ3) is 6.69. The van der Waals surface area contributed by atoms with Crippen molar-refractivity contribution >= 4 is 69.4 Å². The Morgan fingerprint density at radius 1 is 1.39 bits per heavy atom. The van der Waals surface area contributed by atoms with Crippen molar-refractivity contribution in [1.29, 1.82) is 0 Å². The largest absolute Gasteiger partial charge is 0.339 e. The van der Waals surface area contributed by atoms with Gasteiger partial charge in [0.2, 0.25) is 3.79 Å². The first-order valence-electron chi connectivity index (χ1n) is 5.87. The van der Waals surface area contributed by atoms with Crippen molar-refractivity contribution in [2.45, 2.75) is 9.96 Å². The van der Waals surface area contributed by atoms with Crippen LogP contribution in [0.5, 0.6) is 0 Å². The predicted molar refractivity (Wildman–Crippen MR) is 90.6 cm³/mol. The number of anilines is 1. The summed E-state index contributed by atoms with van der Waals surface area (Å²) in [5.41, 5.74) is 0.151. The van der Waals surface area contributed by atoms with Crippen LogP contribution in [0, 0.1) is 10.1 Å². The van der Waals surface area contributed by atoms with Gasteiger partial charge in [0, 0.05) is 17.8 Å². The number of rotatable bonds is 5. The number of hydrogen-bond acceptors (Lipinski definition) is 4. The van der Waals surface area contributed by atoms with Crippen molar-refractivity contribution in [2.24, 2.45) is 0 Å². The van der Waals surface area contributed by atoms with Gasteiger partial charge >= 0.3 is 0 Å². The highest BCUT2D eigenvalue weighted by molar-refractivity contribution is 7.80. The van der Waals surface area contributed by atoms with E-state index in [0.717, 1.165) is 0 Å². The van der Waals surface area contributed by atoms with Crippen LogP contribution in [0.25, 0.3) is 0 Å². The number of alkyl halides is 4. The molecule has 0 aliphatic heterocycles. The summed E-state index contributed by atoms with van der Waals surface area (Å²) in [4.78, 5) is 21.2. The minimum absolute atomic E-state index is 0.0963. The number of nitro benzene ring substituents is 1. The summed E-state index contributed by atoms with van der Waals surface area (Å²) in [5.74, 6) is -1.01. The number of halogens is 4. The van der Waals surface area contributed by atoms with Crippen LogP contribution < -0.4 is 16.0 Å². The molecule has 1 atom stereocenters. The third-order valence-electron chi connectivity index (χ3n) is 2.34. The molecular formula is C11H10Cl3FN4O3S. The molecule has 0 saturated carbocycles. The Hall–Kier alpha value is -1.42. The molecule has 0 aromatic heterocycles. The molecule has 126 valence electrons. The van der Waals surface area contributed by atoms with Crippen LogP contribution in [0.2, 0.25) is 0 Å². The molecule has 12 heteroatoms. The number of nitrogens with zero attached hydrogens (tertiary/aromatic N) is 1. The molecule has 7 nitrogen and oxygen atoms in total. The van der Waals surface area contributed by atoms with E-state index in [1.54, 1.807) is 0 Å². The highest BCUT2D eigenvalue weighted by atomic mass is 35.6. The quantitative estimate of drug-likeness (QED) is 0.230. The Morgan fingerprint density at radius 2 is 2.04 bits per heavy atom. The number of carbonyl (C=O) groups excluding carboxylic acids is 1. The number of benzene rings is 1. The van der Waals surface area contributed by atoms with Crippen LogP contribution in [-0.2, 0) is 4.79 Å². The van der Waals surface area contributed by atoms with Gasteiger partial charge in [-0.05, 0) is 18.3 Å². The molecule has 0 aliphatic carbocycles. The second-order valence-corrected chi connectivity index (χ2v) is 6.86. The van der Waals surface area contributed by atoms with E-state index in [1.807, 2.05) is 0 Å². The van der Waals surface area contributed by atoms with Gasteiger partial charge in [-0.3, -0.25) is 14.9 Å². The van der Waals surface area contributed by atoms with Gasteiger partial charge in [-0.25, -0.2) is 4.39 Å². The highest BCUT2D eigenvalue weighted by Crippen LogP contribution is 2.29. The summed E-state index contributed by atoms with van der Waals surface area (Å²) < 4.78 is 10.2. The molecule has 0 fully saturated rings. The van der Waals surface area contributed by atoms with Crippen LogP contribution >= 0.6 is 47.0 Å². The second kappa shape index (κ2) is 8.44. The lowest BCUT2D eigenvalue weighted by Crippen LogP contribution is -2.56. The summed E-state index contributed by atoms with van der Waals surface area (Å²) in [6.07, 6.45) is -1.31. The van der Waals surface area contributed by atoms with Gasteiger partial charge in [-0.1, -0.05) is 40.9 Å². The van der Waals surface area contributed by atoms with Crippen LogP contribution in [0.15, 0.2) is 24.3 Å². The molecule has 0 radical (unpaired) electrons. The molecule has 0 aliphatic rings. The van der Waals surface area contributed by atoms with Gasteiger partial charge in [0.05, 0.1) is 4.92 Å². The fourth-order valence-electron chi connectivity index (χ4n) is 1.39. The van der Waals surface area contributed by atoms with Crippen LogP contribution in [0.3, 0.4) is 0 Å². The van der Waals surface area contributed by atoms with E-state index in [1.165, 1.54) is 24.3 Å². The van der Waals surface area contributed by atoms with Crippen molar-refractivity contribution < 1.29 is 14.1 Å². The fourth-order valence-corrected chi connectivity index (χ4v) is 1.96. The average Bonchev–Trinajstić information content (AvgIpc) is 2.45. The van der Waals surface area contributed by atoms with Crippen molar-refractivity contribution in [3.8, 4) is 0 Å². The van der Waals surface area contributed by atoms with Gasteiger partial charge in [-0.2, -0.15) is 0 Å². The van der Waals surface area contributed by atoms with E-state index >= 15 is 0 Å². The maximum absolute atomic E-state index is 12.3. The Morgan fingerprint density at radius 3 is 2.57 bits per heavy atom. The smallest absolute Gasteiger partial charge is 0.271 e. The molecular weight excluding hydrogens is 394 g/mol. The molecule has 1 aromatic rings. The highest BCUT2D eigenvalue weighted by Gasteiger charge is 2.34. The number of nitro groups is 1. The minimum atomic E-state index is -2.01. The molecule has 0 saturated heterocycles. The maximum Gasteiger partial charge on any atom is 0.271 e. The number of hydrogen-bond donors (Lipinski definition) is 3. The second-order valence-electron chi connectivity index (χ2n) is 4.08. The summed E-state index contributed by atoms with van der Waals surface area (Å²) in [5, 5.41) is 17.8. The number of non-ortho nitro benzene ring substituents is 1. The number of nitrogens with one attached hydrogen (secondary N) is 3. The number of amides is 1. The molecule has 0 bridgehead atoms. The topological polar surface area (TPSA) is 96.3 Å². The van der Waals surface area contributed by atoms with Crippen molar-refractivity contribution in [2.75, 3.05) is 12.0 Å². The lowest BCUT2D eigenvalue weighted by molar-refractivity contribution is -0.384. The van der Waals surface area contributed by atoms with Crippen LogP contribution in [0.1, 0.15) is 0 Å². The van der Waals surface area contributed by atoms with Gasteiger partial charge in [-0.15, -0.1) is 0 Å². The first-order valence-corrected chi connectivity index (χ1v) is 7.41. The van der Waals surface area contributed by atoms with Crippen molar-refractivity contribution in [3.05, 3.63) is 34.4 Å². The van der Waals surface area contributed by atoms with Gasteiger partial charge in [0.15, 0.2) is 11.8 Å². The zero-order chi connectivity index (χ0) is 17.6. The Kier molecular flexibility index (Phi) is 7.20. The molecule has 1 unspecified atom stereocenters. The Labute approximate surface area is 150 Å². The zero-order valence-electron chi connectivity index (χ0n) is 11.2. The fraction of sp³-hybridized carbons (Fsp3) is 0.273. The van der Waals surface area contributed by atoms with E-state index in [-0.39, 0.29) is 10.8 Å². The lowest BCUT2D eigenvalue weighted by Gasteiger charge is -2.27. The molecule has 0 heterocycles. The molecule has 3 N–H and O–H groups in total. The van der Waals surface area contributed by atoms with Gasteiger partial charge < -0.3 is 16.0 Å². The normalized spacial score (nSPS) is 12.2. The lowest BCUT2D eigenvalue weighted by atomic mass is 10.3. The monoisotopic (exact) mass is 402 g/mol. The van der Waals surface area contributed by atoms with Gasteiger partial charge in [0.1, 0.15) is 6.17 Å².